The topological polar surface area (TPSA) is 90.7 Å². The van der Waals surface area contributed by atoms with E-state index in [0.717, 1.165) is 10.6 Å². The number of ether oxygens (including phenoxy) is 2. The second-order valence-corrected chi connectivity index (χ2v) is 6.56. The number of nitro benzene ring substituents is 1. The van der Waals surface area contributed by atoms with Gasteiger partial charge < -0.3 is 14.8 Å². The number of amides is 1. The fourth-order valence-electron chi connectivity index (χ4n) is 2.09. The zero-order valence-corrected chi connectivity index (χ0v) is 15.4. The van der Waals surface area contributed by atoms with E-state index in [-0.39, 0.29) is 24.0 Å². The van der Waals surface area contributed by atoms with Crippen molar-refractivity contribution in [2.75, 3.05) is 26.0 Å². The second-order valence-electron chi connectivity index (χ2n) is 5.39. The van der Waals surface area contributed by atoms with Crippen LogP contribution in [0.4, 0.5) is 5.69 Å². The van der Waals surface area contributed by atoms with Gasteiger partial charge >= 0.3 is 5.69 Å². The number of nitro groups is 1. The molecular weight excluding hydrogens is 356 g/mol. The standard InChI is InChI=1S/C18H20N2O5S/c1-13-3-6-15(7-4-13)26-10-9-19-18(21)12-25-14-5-8-16(20(22)23)17(11-14)24-2/h3-8,11H,9-10,12H2,1-2H3,(H,19,21). The van der Waals surface area contributed by atoms with Crippen molar-refractivity contribution in [3.05, 3.63) is 58.1 Å². The molecule has 0 atom stereocenters. The van der Waals surface area contributed by atoms with Crippen LogP contribution in [-0.4, -0.2) is 36.8 Å². The number of hydrogen-bond donors (Lipinski definition) is 1. The van der Waals surface area contributed by atoms with E-state index in [4.69, 9.17) is 9.47 Å². The van der Waals surface area contributed by atoms with E-state index in [1.807, 2.05) is 31.2 Å². The monoisotopic (exact) mass is 376 g/mol. The molecule has 0 heterocycles. The first-order valence-electron chi connectivity index (χ1n) is 7.91. The number of hydrogen-bond acceptors (Lipinski definition) is 6. The summed E-state index contributed by atoms with van der Waals surface area (Å²) in [6.07, 6.45) is 0. The third-order valence-corrected chi connectivity index (χ3v) is 4.45. The quantitative estimate of drug-likeness (QED) is 0.313. The van der Waals surface area contributed by atoms with Gasteiger partial charge in [0.25, 0.3) is 5.91 Å². The summed E-state index contributed by atoms with van der Waals surface area (Å²) < 4.78 is 10.3. The lowest BCUT2D eigenvalue weighted by molar-refractivity contribution is -0.385. The molecule has 0 saturated carbocycles. The van der Waals surface area contributed by atoms with E-state index in [2.05, 4.69) is 5.32 Å². The van der Waals surface area contributed by atoms with Crippen LogP contribution in [0.1, 0.15) is 5.56 Å². The minimum absolute atomic E-state index is 0.0856. The van der Waals surface area contributed by atoms with Gasteiger partial charge in [-0.15, -0.1) is 11.8 Å². The molecule has 1 N–H and O–H groups in total. The summed E-state index contributed by atoms with van der Waals surface area (Å²) in [6.45, 7) is 2.38. The molecule has 0 saturated heterocycles. The highest BCUT2D eigenvalue weighted by atomic mass is 32.2. The van der Waals surface area contributed by atoms with Crippen LogP contribution in [0.15, 0.2) is 47.4 Å². The van der Waals surface area contributed by atoms with Gasteiger partial charge in [-0.1, -0.05) is 17.7 Å². The molecule has 8 heteroatoms. The predicted molar refractivity (Wildman–Crippen MR) is 100 cm³/mol. The normalized spacial score (nSPS) is 10.2. The Morgan fingerprint density at radius 3 is 2.62 bits per heavy atom. The molecule has 0 bridgehead atoms. The van der Waals surface area contributed by atoms with E-state index in [1.54, 1.807) is 11.8 Å². The zero-order valence-electron chi connectivity index (χ0n) is 14.6. The maximum atomic E-state index is 11.8. The van der Waals surface area contributed by atoms with Crippen LogP contribution >= 0.6 is 11.8 Å². The van der Waals surface area contributed by atoms with Crippen LogP contribution in [0, 0.1) is 17.0 Å². The van der Waals surface area contributed by atoms with Gasteiger partial charge in [-0.25, -0.2) is 0 Å². The van der Waals surface area contributed by atoms with Gasteiger partial charge in [-0.3, -0.25) is 14.9 Å². The Morgan fingerprint density at radius 1 is 1.23 bits per heavy atom. The van der Waals surface area contributed by atoms with E-state index in [9.17, 15) is 14.9 Å². The van der Waals surface area contributed by atoms with Gasteiger partial charge in [-0.05, 0) is 25.1 Å². The Labute approximate surface area is 155 Å². The van der Waals surface area contributed by atoms with Crippen molar-refractivity contribution < 1.29 is 19.2 Å². The van der Waals surface area contributed by atoms with Crippen molar-refractivity contribution in [2.45, 2.75) is 11.8 Å². The molecule has 2 rings (SSSR count). The minimum Gasteiger partial charge on any atom is -0.490 e. The number of methoxy groups -OCH3 is 1. The fourth-order valence-corrected chi connectivity index (χ4v) is 2.86. The first-order chi connectivity index (χ1) is 12.5. The maximum absolute atomic E-state index is 11.8. The van der Waals surface area contributed by atoms with E-state index >= 15 is 0 Å². The van der Waals surface area contributed by atoms with E-state index in [0.29, 0.717) is 12.3 Å². The number of rotatable bonds is 9. The Balaban J connectivity index is 1.73. The molecule has 7 nitrogen and oxygen atoms in total. The Kier molecular flexibility index (Phi) is 7.28. The lowest BCUT2D eigenvalue weighted by Gasteiger charge is -2.09. The fraction of sp³-hybridized carbons (Fsp3) is 0.278. The molecule has 0 fully saturated rings. The number of benzene rings is 2. The lowest BCUT2D eigenvalue weighted by atomic mass is 10.2. The maximum Gasteiger partial charge on any atom is 0.311 e. The average Bonchev–Trinajstić information content (AvgIpc) is 2.64. The molecule has 0 spiro atoms. The first kappa shape index (κ1) is 19.6. The van der Waals surface area contributed by atoms with Crippen LogP contribution in [0.25, 0.3) is 0 Å². The van der Waals surface area contributed by atoms with Gasteiger partial charge in [0.1, 0.15) is 5.75 Å². The van der Waals surface area contributed by atoms with Crippen molar-refractivity contribution in [3.63, 3.8) is 0 Å². The molecule has 0 aromatic heterocycles. The van der Waals surface area contributed by atoms with Crippen molar-refractivity contribution in [3.8, 4) is 11.5 Å². The zero-order chi connectivity index (χ0) is 18.9. The highest BCUT2D eigenvalue weighted by Gasteiger charge is 2.15. The average molecular weight is 376 g/mol. The van der Waals surface area contributed by atoms with Gasteiger partial charge in [-0.2, -0.15) is 0 Å². The largest absolute Gasteiger partial charge is 0.490 e. The molecule has 26 heavy (non-hydrogen) atoms. The number of carbonyl (C=O) groups excluding carboxylic acids is 1. The van der Waals surface area contributed by atoms with Crippen molar-refractivity contribution in [2.24, 2.45) is 0 Å². The number of nitrogens with one attached hydrogen (secondary N) is 1. The van der Waals surface area contributed by atoms with Crippen molar-refractivity contribution >= 4 is 23.4 Å². The summed E-state index contributed by atoms with van der Waals surface area (Å²) in [4.78, 5) is 23.3. The third kappa shape index (κ3) is 5.96. The lowest BCUT2D eigenvalue weighted by Crippen LogP contribution is -2.30. The van der Waals surface area contributed by atoms with Gasteiger partial charge in [0.15, 0.2) is 6.61 Å². The number of nitrogens with zero attached hydrogens (tertiary/aromatic N) is 1. The van der Waals surface area contributed by atoms with Crippen molar-refractivity contribution in [1.29, 1.82) is 0 Å². The summed E-state index contributed by atoms with van der Waals surface area (Å²) in [7, 11) is 1.34. The Morgan fingerprint density at radius 2 is 1.96 bits per heavy atom. The second kappa shape index (κ2) is 9.67. The first-order valence-corrected chi connectivity index (χ1v) is 8.89. The highest BCUT2D eigenvalue weighted by molar-refractivity contribution is 7.99. The van der Waals surface area contributed by atoms with Gasteiger partial charge in [0.2, 0.25) is 5.75 Å². The predicted octanol–water partition coefficient (Wildman–Crippen LogP) is 3.20. The molecule has 0 aliphatic carbocycles. The molecule has 0 aliphatic heterocycles. The Hall–Kier alpha value is -2.74. The SMILES string of the molecule is COc1cc(OCC(=O)NCCSc2ccc(C)cc2)ccc1[N+](=O)[O-]. The summed E-state index contributed by atoms with van der Waals surface area (Å²) in [5.41, 5.74) is 1.06. The smallest absolute Gasteiger partial charge is 0.311 e. The minimum atomic E-state index is -0.541. The molecule has 0 radical (unpaired) electrons. The molecule has 1 amide bonds. The summed E-state index contributed by atoms with van der Waals surface area (Å²) in [5, 5.41) is 13.6. The van der Waals surface area contributed by atoms with E-state index in [1.165, 1.54) is 30.9 Å². The molecule has 2 aromatic carbocycles. The molecular formula is C18H20N2O5S. The van der Waals surface area contributed by atoms with Crippen LogP contribution < -0.4 is 14.8 Å². The van der Waals surface area contributed by atoms with E-state index < -0.39 is 4.92 Å². The Bertz CT molecular complexity index is 765. The number of aryl methyl sites for hydroxylation is 1. The third-order valence-electron chi connectivity index (χ3n) is 3.43. The molecule has 0 unspecified atom stereocenters. The summed E-state index contributed by atoms with van der Waals surface area (Å²) >= 11 is 1.66. The highest BCUT2D eigenvalue weighted by Crippen LogP contribution is 2.30. The van der Waals surface area contributed by atoms with Crippen molar-refractivity contribution in [1.82, 2.24) is 5.32 Å². The van der Waals surface area contributed by atoms with Gasteiger partial charge in [0.05, 0.1) is 12.0 Å². The number of thioether (sulfide) groups is 1. The molecule has 2 aromatic rings. The summed E-state index contributed by atoms with van der Waals surface area (Å²) in [6, 6.07) is 12.3. The molecule has 138 valence electrons. The van der Waals surface area contributed by atoms with Crippen LogP contribution in [0.2, 0.25) is 0 Å². The molecule has 0 aliphatic rings. The van der Waals surface area contributed by atoms with Crippen LogP contribution in [0.3, 0.4) is 0 Å². The number of carbonyl (C=O) groups is 1. The van der Waals surface area contributed by atoms with Crippen LogP contribution in [0.5, 0.6) is 11.5 Å². The van der Waals surface area contributed by atoms with Crippen LogP contribution in [-0.2, 0) is 4.79 Å². The summed E-state index contributed by atoms with van der Waals surface area (Å²) in [5.74, 6) is 0.908. The van der Waals surface area contributed by atoms with Gasteiger partial charge in [0, 0.05) is 29.3 Å².